The van der Waals surface area contributed by atoms with Crippen LogP contribution in [0.4, 0.5) is 10.3 Å². The molecule has 0 unspecified atom stereocenters. The van der Waals surface area contributed by atoms with E-state index in [1.807, 2.05) is 19.1 Å². The second kappa shape index (κ2) is 10.7. The fourth-order valence-corrected chi connectivity index (χ4v) is 3.14. The van der Waals surface area contributed by atoms with E-state index in [-0.39, 0.29) is 29.8 Å². The second-order valence-corrected chi connectivity index (χ2v) is 6.84. The Bertz CT molecular complexity index is 753. The van der Waals surface area contributed by atoms with Crippen LogP contribution in [0.1, 0.15) is 12.5 Å². The van der Waals surface area contributed by atoms with Crippen molar-refractivity contribution >= 4 is 51.8 Å². The van der Waals surface area contributed by atoms with E-state index in [1.165, 1.54) is 6.07 Å². The molecule has 1 aliphatic heterocycles. The molecule has 0 saturated carbocycles. The SMILES string of the molecule is CCNC(=NCc1ccc(Br)cc1F)N1CCN(c2ncccn2)CC1.I. The molecule has 1 aromatic carbocycles. The van der Waals surface area contributed by atoms with Crippen molar-refractivity contribution in [3.05, 3.63) is 52.5 Å². The average Bonchev–Trinajstić information content (AvgIpc) is 2.67. The topological polar surface area (TPSA) is 56.7 Å². The minimum absolute atomic E-state index is 0. The van der Waals surface area contributed by atoms with Crippen molar-refractivity contribution in [3.8, 4) is 0 Å². The van der Waals surface area contributed by atoms with Gasteiger partial charge in [-0.15, -0.1) is 24.0 Å². The van der Waals surface area contributed by atoms with E-state index in [2.05, 4.69) is 46.0 Å². The van der Waals surface area contributed by atoms with Gasteiger partial charge in [0.2, 0.25) is 5.95 Å². The molecule has 1 fully saturated rings. The van der Waals surface area contributed by atoms with Crippen LogP contribution in [0.5, 0.6) is 0 Å². The standard InChI is InChI=1S/C18H22BrFN6.HI/c1-2-21-17(24-13-14-4-5-15(19)12-16(14)20)25-8-10-26(11-9-25)18-22-6-3-7-23-18;/h3-7,12H,2,8-11,13H2,1H3,(H,21,24);1H. The molecule has 27 heavy (non-hydrogen) atoms. The Kier molecular flexibility index (Phi) is 8.68. The Morgan fingerprint density at radius 3 is 2.56 bits per heavy atom. The van der Waals surface area contributed by atoms with E-state index in [9.17, 15) is 4.39 Å². The van der Waals surface area contributed by atoms with Crippen LogP contribution in [-0.4, -0.2) is 53.6 Å². The van der Waals surface area contributed by atoms with Crippen LogP contribution >= 0.6 is 39.9 Å². The summed E-state index contributed by atoms with van der Waals surface area (Å²) >= 11 is 3.28. The van der Waals surface area contributed by atoms with Crippen LogP contribution in [0, 0.1) is 5.82 Å². The molecule has 1 N–H and O–H groups in total. The van der Waals surface area contributed by atoms with Gasteiger partial charge in [-0.2, -0.15) is 0 Å². The van der Waals surface area contributed by atoms with Gasteiger partial charge < -0.3 is 15.1 Å². The van der Waals surface area contributed by atoms with Gasteiger partial charge in [-0.05, 0) is 25.1 Å². The fraction of sp³-hybridized carbons (Fsp3) is 0.389. The number of aromatic nitrogens is 2. The lowest BCUT2D eigenvalue weighted by Gasteiger charge is -2.36. The third-order valence-corrected chi connectivity index (χ3v) is 4.66. The van der Waals surface area contributed by atoms with Gasteiger partial charge in [0.25, 0.3) is 0 Å². The summed E-state index contributed by atoms with van der Waals surface area (Å²) in [6, 6.07) is 6.88. The van der Waals surface area contributed by atoms with Gasteiger partial charge in [-0.25, -0.2) is 19.4 Å². The lowest BCUT2D eigenvalue weighted by Crippen LogP contribution is -2.53. The fourth-order valence-electron chi connectivity index (χ4n) is 2.81. The van der Waals surface area contributed by atoms with E-state index < -0.39 is 0 Å². The van der Waals surface area contributed by atoms with Gasteiger partial charge in [0.15, 0.2) is 5.96 Å². The van der Waals surface area contributed by atoms with Crippen molar-refractivity contribution in [1.82, 2.24) is 20.2 Å². The van der Waals surface area contributed by atoms with Crippen LogP contribution in [0.2, 0.25) is 0 Å². The highest BCUT2D eigenvalue weighted by atomic mass is 127. The molecule has 146 valence electrons. The molecular formula is C18H23BrFIN6. The smallest absolute Gasteiger partial charge is 0.225 e. The molecule has 2 aromatic rings. The minimum Gasteiger partial charge on any atom is -0.357 e. The Balaban J connectivity index is 0.00000261. The number of rotatable bonds is 4. The van der Waals surface area contributed by atoms with Crippen molar-refractivity contribution in [2.24, 2.45) is 4.99 Å². The molecule has 0 radical (unpaired) electrons. The summed E-state index contributed by atoms with van der Waals surface area (Å²) in [7, 11) is 0. The number of guanidine groups is 1. The van der Waals surface area contributed by atoms with Crippen LogP contribution in [0.3, 0.4) is 0 Å². The Labute approximate surface area is 184 Å². The predicted molar refractivity (Wildman–Crippen MR) is 120 cm³/mol. The molecule has 1 aromatic heterocycles. The summed E-state index contributed by atoms with van der Waals surface area (Å²) in [6.07, 6.45) is 3.51. The monoisotopic (exact) mass is 548 g/mol. The first-order chi connectivity index (χ1) is 12.7. The maximum atomic E-state index is 14.0. The molecule has 0 spiro atoms. The highest BCUT2D eigenvalue weighted by Gasteiger charge is 2.21. The van der Waals surface area contributed by atoms with Crippen LogP contribution in [0.15, 0.2) is 46.1 Å². The first kappa shape index (κ1) is 21.8. The number of aliphatic imine (C=N–C) groups is 1. The first-order valence-electron chi connectivity index (χ1n) is 8.66. The summed E-state index contributed by atoms with van der Waals surface area (Å²) in [4.78, 5) is 17.6. The highest BCUT2D eigenvalue weighted by molar-refractivity contribution is 14.0. The number of nitrogens with one attached hydrogen (secondary N) is 1. The van der Waals surface area contributed by atoms with Gasteiger partial charge in [-0.1, -0.05) is 22.0 Å². The normalized spacial score (nSPS) is 14.7. The molecule has 1 saturated heterocycles. The number of hydrogen-bond acceptors (Lipinski definition) is 4. The van der Waals surface area contributed by atoms with Crippen LogP contribution < -0.4 is 10.2 Å². The zero-order valence-electron chi connectivity index (χ0n) is 15.1. The Morgan fingerprint density at radius 1 is 1.22 bits per heavy atom. The molecular weight excluding hydrogens is 526 g/mol. The molecule has 0 aliphatic carbocycles. The lowest BCUT2D eigenvalue weighted by molar-refractivity contribution is 0.370. The number of anilines is 1. The van der Waals surface area contributed by atoms with Gasteiger partial charge in [0.05, 0.1) is 6.54 Å². The number of hydrogen-bond donors (Lipinski definition) is 1. The predicted octanol–water partition coefficient (Wildman–Crippen LogP) is 3.28. The molecule has 9 heteroatoms. The highest BCUT2D eigenvalue weighted by Crippen LogP contribution is 2.16. The molecule has 6 nitrogen and oxygen atoms in total. The van der Waals surface area contributed by atoms with Gasteiger partial charge >= 0.3 is 0 Å². The number of halogens is 3. The van der Waals surface area contributed by atoms with E-state index in [4.69, 9.17) is 0 Å². The first-order valence-corrected chi connectivity index (χ1v) is 9.46. The maximum Gasteiger partial charge on any atom is 0.225 e. The molecule has 0 atom stereocenters. The zero-order chi connectivity index (χ0) is 18.4. The third-order valence-electron chi connectivity index (χ3n) is 4.16. The summed E-state index contributed by atoms with van der Waals surface area (Å²) < 4.78 is 14.7. The second-order valence-electron chi connectivity index (χ2n) is 5.93. The molecule has 0 bridgehead atoms. The van der Waals surface area contributed by atoms with E-state index in [0.717, 1.165) is 49.1 Å². The summed E-state index contributed by atoms with van der Waals surface area (Å²) in [5, 5.41) is 3.30. The van der Waals surface area contributed by atoms with E-state index in [0.29, 0.717) is 12.1 Å². The average molecular weight is 549 g/mol. The van der Waals surface area contributed by atoms with Gasteiger partial charge in [0.1, 0.15) is 5.82 Å². The zero-order valence-corrected chi connectivity index (χ0v) is 19.0. The quantitative estimate of drug-likeness (QED) is 0.361. The third kappa shape index (κ3) is 6.00. The van der Waals surface area contributed by atoms with E-state index >= 15 is 0 Å². The van der Waals surface area contributed by atoms with Crippen LogP contribution in [-0.2, 0) is 6.54 Å². The molecule has 1 aliphatic rings. The Hall–Kier alpha value is -1.49. The van der Waals surface area contributed by atoms with Gasteiger partial charge in [0, 0.05) is 55.2 Å². The lowest BCUT2D eigenvalue weighted by atomic mass is 10.2. The van der Waals surface area contributed by atoms with Crippen molar-refractivity contribution in [2.75, 3.05) is 37.6 Å². The summed E-state index contributed by atoms with van der Waals surface area (Å²) in [5.41, 5.74) is 0.583. The summed E-state index contributed by atoms with van der Waals surface area (Å²) in [5.74, 6) is 1.32. The summed E-state index contributed by atoms with van der Waals surface area (Å²) in [6.45, 7) is 6.37. The van der Waals surface area contributed by atoms with Crippen molar-refractivity contribution in [3.63, 3.8) is 0 Å². The van der Waals surface area contributed by atoms with Gasteiger partial charge in [-0.3, -0.25) is 0 Å². The molecule has 0 amide bonds. The van der Waals surface area contributed by atoms with E-state index in [1.54, 1.807) is 18.5 Å². The van der Waals surface area contributed by atoms with Crippen LogP contribution in [0.25, 0.3) is 0 Å². The Morgan fingerprint density at radius 2 is 1.93 bits per heavy atom. The molecule has 3 rings (SSSR count). The van der Waals surface area contributed by atoms with Crippen molar-refractivity contribution < 1.29 is 4.39 Å². The largest absolute Gasteiger partial charge is 0.357 e. The maximum absolute atomic E-state index is 14.0. The number of nitrogens with zero attached hydrogens (tertiary/aromatic N) is 5. The number of benzene rings is 1. The minimum atomic E-state index is -0.245. The number of piperazine rings is 1. The molecule has 2 heterocycles. The van der Waals surface area contributed by atoms with Crippen molar-refractivity contribution in [1.29, 1.82) is 0 Å². The van der Waals surface area contributed by atoms with Crippen molar-refractivity contribution in [2.45, 2.75) is 13.5 Å².